The molecule has 244 valence electrons. The van der Waals surface area contributed by atoms with Crippen LogP contribution in [0.1, 0.15) is 47.3 Å². The Hall–Kier alpha value is -3.91. The molecule has 13 nitrogen and oxygen atoms in total. The van der Waals surface area contributed by atoms with E-state index in [1.54, 1.807) is 44.2 Å². The third-order valence-corrected chi connectivity index (χ3v) is 8.13. The largest absolute Gasteiger partial charge is 0.462 e. The number of halogens is 2. The van der Waals surface area contributed by atoms with Crippen LogP contribution in [0, 0.1) is 0 Å². The summed E-state index contributed by atoms with van der Waals surface area (Å²) >= 11 is 0. The van der Waals surface area contributed by atoms with E-state index in [9.17, 15) is 23.7 Å². The van der Waals surface area contributed by atoms with Gasteiger partial charge in [-0.15, -0.1) is 0 Å². The average Bonchev–Trinajstić information content (AvgIpc) is 3.18. The molecule has 45 heavy (non-hydrogen) atoms. The van der Waals surface area contributed by atoms with Crippen LogP contribution in [0.25, 0.3) is 10.8 Å². The molecule has 1 N–H and O–H groups in total. The zero-order chi connectivity index (χ0) is 33.1. The summed E-state index contributed by atoms with van der Waals surface area (Å²) in [6.07, 6.45) is -4.26. The maximum atomic E-state index is 16.6. The van der Waals surface area contributed by atoms with Gasteiger partial charge in [-0.05, 0) is 39.1 Å². The van der Waals surface area contributed by atoms with E-state index in [1.807, 2.05) is 17.1 Å². The van der Waals surface area contributed by atoms with E-state index in [4.69, 9.17) is 23.6 Å². The fourth-order valence-corrected chi connectivity index (χ4v) is 5.73. The highest BCUT2D eigenvalue weighted by atomic mass is 31.1. The monoisotopic (exact) mass is 653 g/mol. The quantitative estimate of drug-likeness (QED) is 0.171. The zero-order valence-electron chi connectivity index (χ0n) is 25.2. The number of H-pyrrole nitrogens is 1. The highest BCUT2D eigenvalue weighted by molar-refractivity contribution is 7.36. The van der Waals surface area contributed by atoms with Crippen LogP contribution < -0.4 is 16.1 Å². The Balaban J connectivity index is 1.66. The number of hydroxylamine groups is 1. The first-order chi connectivity index (χ1) is 21.2. The fourth-order valence-electron chi connectivity index (χ4n) is 4.69. The molecule has 2 unspecified atom stereocenters. The molecule has 0 radical (unpaired) electrons. The third kappa shape index (κ3) is 7.33. The Morgan fingerprint density at radius 3 is 2.47 bits per heavy atom. The molecule has 16 heteroatoms. The lowest BCUT2D eigenvalue weighted by atomic mass is 9.97. The van der Waals surface area contributed by atoms with Gasteiger partial charge in [-0.25, -0.2) is 13.6 Å². The van der Waals surface area contributed by atoms with E-state index in [0.29, 0.717) is 14.8 Å². The van der Waals surface area contributed by atoms with E-state index < -0.39 is 74.0 Å². The van der Waals surface area contributed by atoms with Crippen LogP contribution in [0.5, 0.6) is 5.75 Å². The molecule has 0 bridgehead atoms. The number of ether oxygens (including phenoxy) is 3. The predicted molar refractivity (Wildman–Crippen MR) is 157 cm³/mol. The van der Waals surface area contributed by atoms with Gasteiger partial charge in [-0.3, -0.25) is 28.5 Å². The number of fused-ring (bicyclic) bond motifs is 1. The molecule has 0 aliphatic carbocycles. The minimum absolute atomic E-state index is 0.190. The fraction of sp³-hybridized carbons (Fsp3) is 0.448. The van der Waals surface area contributed by atoms with Crippen LogP contribution in [-0.2, 0) is 32.9 Å². The minimum atomic E-state index is -3.72. The van der Waals surface area contributed by atoms with Crippen LogP contribution in [0.15, 0.2) is 64.3 Å². The Labute approximate surface area is 256 Å². The van der Waals surface area contributed by atoms with Crippen molar-refractivity contribution in [3.63, 3.8) is 0 Å². The lowest BCUT2D eigenvalue weighted by Crippen LogP contribution is -2.50. The number of nitrogens with one attached hydrogen (secondary N) is 1. The van der Waals surface area contributed by atoms with Crippen LogP contribution in [0.4, 0.5) is 8.78 Å². The van der Waals surface area contributed by atoms with E-state index in [1.165, 1.54) is 13.8 Å². The number of aromatic nitrogens is 2. The second-order valence-corrected chi connectivity index (χ2v) is 12.0. The zero-order valence-corrected chi connectivity index (χ0v) is 26.2. The van der Waals surface area contributed by atoms with Gasteiger partial charge in [0.1, 0.15) is 12.6 Å². The Morgan fingerprint density at radius 1 is 1.11 bits per heavy atom. The summed E-state index contributed by atoms with van der Waals surface area (Å²) in [5.41, 5.74) is -4.81. The first kappa shape index (κ1) is 34.0. The van der Waals surface area contributed by atoms with Crippen molar-refractivity contribution in [2.75, 3.05) is 6.61 Å². The summed E-state index contributed by atoms with van der Waals surface area (Å²) in [7, 11) is -3.72. The van der Waals surface area contributed by atoms with Crippen LogP contribution in [-0.4, -0.2) is 62.7 Å². The summed E-state index contributed by atoms with van der Waals surface area (Å²) in [5, 5.41) is 1.36. The molecule has 6 atom stereocenters. The SMILES string of the molecule is CCC(=O)O[C@H]1[C@@](C)(F)[C@H](n2ccc(=O)[nH]c2=O)O[C@]1(F)CO[PH](=O)N(Oc1cccc2ccccc12)C(C)C(=O)OC(C)C. The van der Waals surface area contributed by atoms with Gasteiger partial charge in [-0.2, -0.15) is 0 Å². The molecular weight excluding hydrogens is 619 g/mol. The first-order valence-corrected chi connectivity index (χ1v) is 15.3. The van der Waals surface area contributed by atoms with Crippen molar-refractivity contribution in [3.8, 4) is 5.75 Å². The van der Waals surface area contributed by atoms with Crippen molar-refractivity contribution in [1.82, 2.24) is 14.4 Å². The first-order valence-electron chi connectivity index (χ1n) is 14.1. The number of aromatic amines is 1. The second kappa shape index (κ2) is 13.6. The number of carbonyl (C=O) groups excluding carboxylic acids is 2. The standard InChI is InChI=1S/C29H34F2N3O10P/c1-6-23(36)42-25-28(5,30)26(33-15-14-22(35)32-27(33)38)43-29(25,31)16-40-45(39)34(18(4)24(37)41-17(2)3)44-21-13-9-11-19-10-7-8-12-20(19)21/h7-15,17-18,25-26,45H,6,16H2,1-5H3,(H,32,35,38)/t18?,25-,26+,28+,29+/m0/s1. The normalized spacial score (nSPS) is 24.5. The van der Waals surface area contributed by atoms with Gasteiger partial charge in [0.25, 0.3) is 19.6 Å². The maximum Gasteiger partial charge on any atom is 0.330 e. The van der Waals surface area contributed by atoms with Crippen molar-refractivity contribution in [2.24, 2.45) is 0 Å². The van der Waals surface area contributed by atoms with Gasteiger partial charge < -0.3 is 23.6 Å². The maximum absolute atomic E-state index is 16.6. The number of esters is 2. The molecule has 2 aromatic carbocycles. The molecule has 1 fully saturated rings. The number of rotatable bonds is 12. The van der Waals surface area contributed by atoms with Gasteiger partial charge in [0, 0.05) is 24.1 Å². The number of carbonyl (C=O) groups is 2. The summed E-state index contributed by atoms with van der Waals surface area (Å²) in [6, 6.07) is 11.7. The summed E-state index contributed by atoms with van der Waals surface area (Å²) in [6.45, 7) is 5.50. The molecule has 0 saturated carbocycles. The highest BCUT2D eigenvalue weighted by Gasteiger charge is 2.67. The molecule has 3 aromatic rings. The molecule has 1 aliphatic heterocycles. The Bertz CT molecular complexity index is 1690. The number of hydrogen-bond acceptors (Lipinski definition) is 10. The molecule has 0 spiro atoms. The molecule has 1 aliphatic rings. The smallest absolute Gasteiger partial charge is 0.330 e. The summed E-state index contributed by atoms with van der Waals surface area (Å²) in [5.74, 6) is -4.94. The number of benzene rings is 2. The Morgan fingerprint density at radius 2 is 1.80 bits per heavy atom. The number of alkyl halides is 2. The number of hydrogen-bond donors (Lipinski definition) is 1. The van der Waals surface area contributed by atoms with Crippen molar-refractivity contribution < 1.29 is 46.5 Å². The average molecular weight is 654 g/mol. The van der Waals surface area contributed by atoms with E-state index in [-0.39, 0.29) is 12.2 Å². The van der Waals surface area contributed by atoms with Gasteiger partial charge >= 0.3 is 17.6 Å². The summed E-state index contributed by atoms with van der Waals surface area (Å²) < 4.78 is 68.1. The summed E-state index contributed by atoms with van der Waals surface area (Å²) in [4.78, 5) is 57.6. The Kier molecular flexibility index (Phi) is 10.3. The van der Waals surface area contributed by atoms with Crippen LogP contribution in [0.3, 0.4) is 0 Å². The van der Waals surface area contributed by atoms with Crippen molar-refractivity contribution >= 4 is 30.9 Å². The number of nitrogens with zero attached hydrogens (tertiary/aromatic N) is 2. The molecule has 4 rings (SSSR count). The van der Waals surface area contributed by atoms with Crippen molar-refractivity contribution in [3.05, 3.63) is 75.6 Å². The van der Waals surface area contributed by atoms with Crippen molar-refractivity contribution in [2.45, 2.75) is 77.0 Å². The lowest BCUT2D eigenvalue weighted by molar-refractivity contribution is -0.215. The minimum Gasteiger partial charge on any atom is -0.462 e. The lowest BCUT2D eigenvalue weighted by Gasteiger charge is -2.31. The molecule has 2 heterocycles. The van der Waals surface area contributed by atoms with Gasteiger partial charge in [0.15, 0.2) is 17.6 Å². The second-order valence-electron chi connectivity index (χ2n) is 10.8. The van der Waals surface area contributed by atoms with E-state index in [0.717, 1.165) is 24.6 Å². The van der Waals surface area contributed by atoms with Gasteiger partial charge in [-0.1, -0.05) is 48.2 Å². The van der Waals surface area contributed by atoms with Gasteiger partial charge in [0.2, 0.25) is 6.10 Å². The highest BCUT2D eigenvalue weighted by Crippen LogP contribution is 2.50. The third-order valence-electron chi connectivity index (χ3n) is 6.90. The van der Waals surface area contributed by atoms with E-state index in [2.05, 4.69) is 0 Å². The molecule has 0 amide bonds. The van der Waals surface area contributed by atoms with Crippen LogP contribution >= 0.6 is 8.18 Å². The van der Waals surface area contributed by atoms with Crippen LogP contribution in [0.2, 0.25) is 0 Å². The van der Waals surface area contributed by atoms with Crippen molar-refractivity contribution in [1.29, 1.82) is 0 Å². The topological polar surface area (TPSA) is 155 Å². The predicted octanol–water partition coefficient (Wildman–Crippen LogP) is 3.98. The van der Waals surface area contributed by atoms with Gasteiger partial charge in [0.05, 0.1) is 6.10 Å². The molecule has 1 saturated heterocycles. The molecular formula is C29H34F2N3O10P. The molecule has 1 aromatic heterocycles. The van der Waals surface area contributed by atoms with E-state index >= 15 is 8.78 Å².